The normalized spacial score (nSPS) is 12.2. The van der Waals surface area contributed by atoms with E-state index < -0.39 is 5.82 Å². The fourth-order valence-electron chi connectivity index (χ4n) is 1.95. The fraction of sp³-hybridized carbons (Fsp3) is 0.200. The van der Waals surface area contributed by atoms with Crippen molar-refractivity contribution in [2.45, 2.75) is 19.4 Å². The van der Waals surface area contributed by atoms with Gasteiger partial charge in [0.25, 0.3) is 0 Å². The Balaban J connectivity index is 2.04. The fourth-order valence-corrected chi connectivity index (χ4v) is 2.70. The summed E-state index contributed by atoms with van der Waals surface area (Å²) in [5.74, 6) is -0.584. The van der Waals surface area contributed by atoms with Crippen LogP contribution in [-0.4, -0.2) is 6.04 Å². The zero-order chi connectivity index (χ0) is 14.7. The van der Waals surface area contributed by atoms with Gasteiger partial charge in [-0.25, -0.2) is 4.39 Å². The summed E-state index contributed by atoms with van der Waals surface area (Å²) in [5, 5.41) is 3.31. The molecule has 0 heterocycles. The van der Waals surface area contributed by atoms with Crippen LogP contribution in [0.4, 0.5) is 10.1 Å². The first-order chi connectivity index (χ1) is 9.45. The average molecular weight is 377 g/mol. The third kappa shape index (κ3) is 4.11. The van der Waals surface area contributed by atoms with Crippen LogP contribution in [0.2, 0.25) is 10.0 Å². The molecule has 0 aliphatic heterocycles. The second-order valence-corrected chi connectivity index (χ2v) is 6.36. The molecule has 20 heavy (non-hydrogen) atoms. The van der Waals surface area contributed by atoms with Crippen molar-refractivity contribution in [3.05, 3.63) is 62.3 Å². The molecule has 5 heteroatoms. The van der Waals surface area contributed by atoms with Crippen molar-refractivity contribution in [2.24, 2.45) is 0 Å². The van der Waals surface area contributed by atoms with E-state index in [-0.39, 0.29) is 16.1 Å². The number of hydrogen-bond donors (Lipinski definition) is 1. The van der Waals surface area contributed by atoms with Gasteiger partial charge in [-0.3, -0.25) is 0 Å². The van der Waals surface area contributed by atoms with E-state index in [0.717, 1.165) is 10.9 Å². The summed E-state index contributed by atoms with van der Waals surface area (Å²) >= 11 is 15.0. The predicted octanol–water partition coefficient (Wildman–Crippen LogP) is 5.94. The van der Waals surface area contributed by atoms with Crippen LogP contribution < -0.4 is 5.32 Å². The molecule has 2 aromatic carbocycles. The summed E-state index contributed by atoms with van der Waals surface area (Å²) < 4.78 is 14.4. The van der Waals surface area contributed by atoms with Crippen LogP contribution in [0.5, 0.6) is 0 Å². The van der Waals surface area contributed by atoms with Crippen LogP contribution in [0.15, 0.2) is 40.9 Å². The number of halogens is 4. The molecule has 0 radical (unpaired) electrons. The highest BCUT2D eigenvalue weighted by molar-refractivity contribution is 9.10. The molecule has 1 N–H and O–H groups in total. The van der Waals surface area contributed by atoms with Crippen molar-refractivity contribution < 1.29 is 4.39 Å². The van der Waals surface area contributed by atoms with Crippen LogP contribution in [0, 0.1) is 5.82 Å². The molecule has 0 aromatic heterocycles. The van der Waals surface area contributed by atoms with Gasteiger partial charge in [-0.15, -0.1) is 0 Å². The van der Waals surface area contributed by atoms with Gasteiger partial charge >= 0.3 is 0 Å². The van der Waals surface area contributed by atoms with Crippen molar-refractivity contribution in [1.82, 2.24) is 0 Å². The van der Waals surface area contributed by atoms with Gasteiger partial charge in [-0.2, -0.15) is 0 Å². The number of anilines is 1. The number of nitrogens with one attached hydrogen (secondary N) is 1. The van der Waals surface area contributed by atoms with Gasteiger partial charge in [0.2, 0.25) is 0 Å². The van der Waals surface area contributed by atoms with E-state index in [2.05, 4.69) is 33.4 Å². The minimum absolute atomic E-state index is 0.0239. The van der Waals surface area contributed by atoms with Crippen LogP contribution in [-0.2, 0) is 6.42 Å². The van der Waals surface area contributed by atoms with Gasteiger partial charge in [0.05, 0.1) is 10.0 Å². The average Bonchev–Trinajstić information content (AvgIpc) is 2.38. The molecule has 106 valence electrons. The molecule has 0 saturated carbocycles. The smallest absolute Gasteiger partial charge is 0.160 e. The summed E-state index contributed by atoms with van der Waals surface area (Å²) in [6.07, 6.45) is 0.847. The minimum Gasteiger partial charge on any atom is -0.382 e. The van der Waals surface area contributed by atoms with Gasteiger partial charge in [0.1, 0.15) is 0 Å². The standard InChI is InChI=1S/C15H13BrCl2FN/c1-9(6-10-2-4-11(16)5-3-10)20-12-7-13(17)15(19)14(18)8-12/h2-5,7-9,20H,6H2,1H3. The lowest BCUT2D eigenvalue weighted by Gasteiger charge is -2.16. The SMILES string of the molecule is CC(Cc1ccc(Br)cc1)Nc1cc(Cl)c(F)c(Cl)c1. The Morgan fingerprint density at radius 1 is 1.15 bits per heavy atom. The van der Waals surface area contributed by atoms with Gasteiger partial charge in [-0.1, -0.05) is 51.3 Å². The molecule has 2 rings (SSSR count). The molecule has 0 aliphatic carbocycles. The van der Waals surface area contributed by atoms with E-state index in [1.807, 2.05) is 19.1 Å². The van der Waals surface area contributed by atoms with Gasteiger partial charge < -0.3 is 5.32 Å². The van der Waals surface area contributed by atoms with Crippen molar-refractivity contribution in [1.29, 1.82) is 0 Å². The maximum Gasteiger partial charge on any atom is 0.160 e. The quantitative estimate of drug-likeness (QED) is 0.651. The first kappa shape index (κ1) is 15.6. The molecule has 0 saturated heterocycles. The van der Waals surface area contributed by atoms with Crippen LogP contribution in [0.1, 0.15) is 12.5 Å². The summed E-state index contributed by atoms with van der Waals surface area (Å²) in [6.45, 7) is 2.05. The van der Waals surface area contributed by atoms with E-state index in [9.17, 15) is 4.39 Å². The Hall–Kier alpha value is -0.770. The second kappa shape index (κ2) is 6.79. The number of hydrogen-bond acceptors (Lipinski definition) is 1. The third-order valence-corrected chi connectivity index (χ3v) is 3.93. The van der Waals surface area contributed by atoms with Crippen molar-refractivity contribution in [2.75, 3.05) is 5.32 Å². The lowest BCUT2D eigenvalue weighted by molar-refractivity contribution is 0.628. The van der Waals surface area contributed by atoms with Gasteiger partial charge in [0, 0.05) is 16.2 Å². The predicted molar refractivity (Wildman–Crippen MR) is 87.4 cm³/mol. The molecule has 2 aromatic rings. The maximum absolute atomic E-state index is 13.3. The molecule has 0 amide bonds. The van der Waals surface area contributed by atoms with Crippen molar-refractivity contribution >= 4 is 44.8 Å². The summed E-state index contributed by atoms with van der Waals surface area (Å²) in [4.78, 5) is 0. The first-order valence-corrected chi connectivity index (χ1v) is 7.66. The molecular formula is C15H13BrCl2FN. The lowest BCUT2D eigenvalue weighted by atomic mass is 10.1. The van der Waals surface area contributed by atoms with E-state index >= 15 is 0 Å². The Kier molecular flexibility index (Phi) is 5.30. The minimum atomic E-state index is -0.584. The third-order valence-electron chi connectivity index (χ3n) is 2.85. The van der Waals surface area contributed by atoms with Crippen molar-refractivity contribution in [3.8, 4) is 0 Å². The van der Waals surface area contributed by atoms with Gasteiger partial charge in [0.15, 0.2) is 5.82 Å². The second-order valence-electron chi connectivity index (χ2n) is 4.63. The monoisotopic (exact) mass is 375 g/mol. The molecule has 1 unspecified atom stereocenters. The van der Waals surface area contributed by atoms with E-state index in [1.165, 1.54) is 5.56 Å². The highest BCUT2D eigenvalue weighted by Gasteiger charge is 2.10. The topological polar surface area (TPSA) is 12.0 Å². The lowest BCUT2D eigenvalue weighted by Crippen LogP contribution is -2.18. The Bertz CT molecular complexity index is 578. The van der Waals surface area contributed by atoms with Crippen LogP contribution >= 0.6 is 39.1 Å². The summed E-state index contributed by atoms with van der Waals surface area (Å²) in [5.41, 5.74) is 1.93. The number of rotatable bonds is 4. The molecule has 0 spiro atoms. The first-order valence-electron chi connectivity index (χ1n) is 6.11. The van der Waals surface area contributed by atoms with E-state index in [0.29, 0.717) is 5.69 Å². The molecule has 0 bridgehead atoms. The Morgan fingerprint density at radius 2 is 1.70 bits per heavy atom. The van der Waals surface area contributed by atoms with E-state index in [4.69, 9.17) is 23.2 Å². The molecule has 0 fully saturated rings. The highest BCUT2D eigenvalue weighted by Crippen LogP contribution is 2.27. The number of benzene rings is 2. The highest BCUT2D eigenvalue weighted by atomic mass is 79.9. The molecular weight excluding hydrogens is 364 g/mol. The zero-order valence-corrected chi connectivity index (χ0v) is 13.9. The Morgan fingerprint density at radius 3 is 2.25 bits per heavy atom. The molecule has 0 aliphatic rings. The summed E-state index contributed by atoms with van der Waals surface area (Å²) in [7, 11) is 0. The summed E-state index contributed by atoms with van der Waals surface area (Å²) in [6, 6.07) is 11.4. The molecule has 1 nitrogen and oxygen atoms in total. The Labute approximate surface area is 136 Å². The van der Waals surface area contributed by atoms with Crippen molar-refractivity contribution in [3.63, 3.8) is 0 Å². The zero-order valence-electron chi connectivity index (χ0n) is 10.8. The largest absolute Gasteiger partial charge is 0.382 e. The van der Waals surface area contributed by atoms with Crippen LogP contribution in [0.25, 0.3) is 0 Å². The molecule has 1 atom stereocenters. The van der Waals surface area contributed by atoms with Crippen LogP contribution in [0.3, 0.4) is 0 Å². The maximum atomic E-state index is 13.3. The van der Waals surface area contributed by atoms with E-state index in [1.54, 1.807) is 12.1 Å². The van der Waals surface area contributed by atoms with Gasteiger partial charge in [-0.05, 0) is 43.2 Å².